The zero-order chi connectivity index (χ0) is 44.2. The Labute approximate surface area is 360 Å². The van der Waals surface area contributed by atoms with Crippen LogP contribution in [0, 0.1) is 13.8 Å². The average molecular weight is 795 g/mol. The highest BCUT2D eigenvalue weighted by Crippen LogP contribution is 2.39. The monoisotopic (exact) mass is 794 g/mol. The molecule has 296 valence electrons. The minimum atomic E-state index is -2.31. The van der Waals surface area contributed by atoms with E-state index in [4.69, 9.17) is 23.9 Å². The van der Waals surface area contributed by atoms with Crippen LogP contribution in [-0.4, -0.2) is 24.3 Å². The summed E-state index contributed by atoms with van der Waals surface area (Å²) >= 11 is 0. The van der Waals surface area contributed by atoms with E-state index in [1.165, 1.54) is 0 Å². The Kier molecular flexibility index (Phi) is 8.56. The van der Waals surface area contributed by atoms with Gasteiger partial charge < -0.3 is 4.74 Å². The van der Waals surface area contributed by atoms with Crippen molar-refractivity contribution in [1.29, 1.82) is 0 Å². The average Bonchev–Trinajstić information content (AvgIpc) is 3.92. The first kappa shape index (κ1) is 34.3. The number of hydrogen-bond donors (Lipinski definition) is 0. The lowest BCUT2D eigenvalue weighted by Crippen LogP contribution is -2.12. The van der Waals surface area contributed by atoms with E-state index in [9.17, 15) is 0 Å². The summed E-state index contributed by atoms with van der Waals surface area (Å²) in [5.41, 5.74) is 11.4. The predicted octanol–water partition coefficient (Wildman–Crippen LogP) is 14.1. The molecule has 6 nitrogen and oxygen atoms in total. The molecule has 0 spiro atoms. The number of fused-ring (bicyclic) bond motifs is 3. The van der Waals surface area contributed by atoms with Crippen LogP contribution in [0.25, 0.3) is 78.1 Å². The first-order valence-corrected chi connectivity index (χ1v) is 20.5. The Morgan fingerprint density at radius 3 is 1.95 bits per heavy atom. The summed E-state index contributed by atoms with van der Waals surface area (Å²) in [5.74, 6) is 2.52. The van der Waals surface area contributed by atoms with Crippen molar-refractivity contribution in [2.75, 3.05) is 0 Å². The number of ether oxygens (including phenoxy) is 1. The van der Waals surface area contributed by atoms with Gasteiger partial charge in [-0.2, -0.15) is 0 Å². The van der Waals surface area contributed by atoms with Gasteiger partial charge in [0.05, 0.1) is 16.7 Å². The molecule has 6 heteroatoms. The normalized spacial score (nSPS) is 12.6. The summed E-state index contributed by atoms with van der Waals surface area (Å²) in [5, 5.41) is 7.17. The van der Waals surface area contributed by atoms with Crippen LogP contribution >= 0.6 is 0 Å². The number of para-hydroxylation sites is 2. The maximum Gasteiger partial charge on any atom is 0.181 e. The van der Waals surface area contributed by atoms with Gasteiger partial charge in [-0.1, -0.05) is 142 Å². The van der Waals surface area contributed by atoms with E-state index in [0.29, 0.717) is 34.3 Å². The molecule has 0 aliphatic carbocycles. The lowest BCUT2D eigenvalue weighted by atomic mass is 9.83. The van der Waals surface area contributed by atoms with Crippen LogP contribution in [0.4, 0.5) is 0 Å². The second-order valence-electron chi connectivity index (χ2n) is 16.5. The van der Waals surface area contributed by atoms with Gasteiger partial charge in [0.15, 0.2) is 5.82 Å². The van der Waals surface area contributed by atoms with E-state index in [0.717, 1.165) is 72.0 Å². The van der Waals surface area contributed by atoms with Crippen LogP contribution in [0.1, 0.15) is 41.6 Å². The Morgan fingerprint density at radius 2 is 1.21 bits per heavy atom. The molecule has 0 amide bonds. The summed E-state index contributed by atoms with van der Waals surface area (Å²) in [6, 6.07) is 57.0. The first-order valence-electron chi connectivity index (χ1n) is 22.0. The van der Waals surface area contributed by atoms with Crippen molar-refractivity contribution in [3.63, 3.8) is 0 Å². The van der Waals surface area contributed by atoms with Crippen LogP contribution in [0.15, 0.2) is 182 Å². The number of benzene rings is 7. The van der Waals surface area contributed by atoms with Gasteiger partial charge in [0, 0.05) is 43.8 Å². The quantitative estimate of drug-likeness (QED) is 0.154. The van der Waals surface area contributed by atoms with Gasteiger partial charge in [-0.25, -0.2) is 14.6 Å². The summed E-state index contributed by atoms with van der Waals surface area (Å²) in [4.78, 5) is 9.69. The molecule has 0 saturated heterocycles. The smallest absolute Gasteiger partial charge is 0.181 e. The number of hydrogen-bond acceptors (Lipinski definition) is 4. The van der Waals surface area contributed by atoms with Crippen molar-refractivity contribution in [1.82, 2.24) is 24.3 Å². The number of aryl methyl sites for hydroxylation is 2. The summed E-state index contributed by atoms with van der Waals surface area (Å²) in [6.07, 6.45) is 3.54. The molecule has 3 aromatic heterocycles. The first-order chi connectivity index (χ1) is 30.9. The zero-order valence-corrected chi connectivity index (χ0v) is 34.5. The zero-order valence-electron chi connectivity index (χ0n) is 37.5. The van der Waals surface area contributed by atoms with Gasteiger partial charge in [-0.05, 0) is 101 Å². The second-order valence-corrected chi connectivity index (χ2v) is 16.5. The SMILES string of the molecule is [2H]C([2H])([2H])c1cc(C(C)(C)C)cc(C)c1-c1ccnc(-n2c3ccccc3c3ccc(Oc4cccc(-c5ncn(-c6c(-c7ccccc7)cccc6-c6ccccc6)n5)c4)cc32)c1. The number of aromatic nitrogens is 5. The fraction of sp³-hybridized carbons (Fsp3) is 0.109. The summed E-state index contributed by atoms with van der Waals surface area (Å²) in [6.45, 7) is 6.00. The molecule has 0 aliphatic rings. The third-order valence-corrected chi connectivity index (χ3v) is 11.4. The lowest BCUT2D eigenvalue weighted by Gasteiger charge is -2.22. The molecular weight excluding hydrogens is 747 g/mol. The van der Waals surface area contributed by atoms with Crippen LogP contribution in [0.3, 0.4) is 0 Å². The molecule has 0 fully saturated rings. The van der Waals surface area contributed by atoms with Gasteiger partial charge in [-0.15, -0.1) is 5.10 Å². The maximum absolute atomic E-state index is 8.55. The summed E-state index contributed by atoms with van der Waals surface area (Å²) < 4.78 is 36.3. The van der Waals surface area contributed by atoms with Crippen molar-refractivity contribution in [3.05, 3.63) is 199 Å². The van der Waals surface area contributed by atoms with Gasteiger partial charge >= 0.3 is 0 Å². The topological polar surface area (TPSA) is 57.8 Å². The van der Waals surface area contributed by atoms with Crippen molar-refractivity contribution < 1.29 is 8.85 Å². The third-order valence-electron chi connectivity index (χ3n) is 11.4. The number of rotatable bonds is 8. The van der Waals surface area contributed by atoms with E-state index in [2.05, 4.69) is 92.1 Å². The fourth-order valence-corrected chi connectivity index (χ4v) is 8.39. The van der Waals surface area contributed by atoms with Gasteiger partial charge in [-0.3, -0.25) is 4.57 Å². The van der Waals surface area contributed by atoms with E-state index in [1.807, 2.05) is 115 Å². The lowest BCUT2D eigenvalue weighted by molar-refractivity contribution is 0.483. The molecule has 0 atom stereocenters. The van der Waals surface area contributed by atoms with E-state index >= 15 is 0 Å². The molecule has 0 bridgehead atoms. The predicted molar refractivity (Wildman–Crippen MR) is 250 cm³/mol. The molecule has 7 aromatic carbocycles. The molecular formula is C55H45N5O. The van der Waals surface area contributed by atoms with Crippen molar-refractivity contribution in [2.45, 2.75) is 40.0 Å². The fourth-order valence-electron chi connectivity index (χ4n) is 8.39. The molecule has 61 heavy (non-hydrogen) atoms. The number of nitrogens with zero attached hydrogens (tertiary/aromatic N) is 5. The van der Waals surface area contributed by atoms with Crippen molar-refractivity contribution in [2.24, 2.45) is 0 Å². The minimum Gasteiger partial charge on any atom is -0.457 e. The number of pyridine rings is 1. The largest absolute Gasteiger partial charge is 0.457 e. The Balaban J connectivity index is 1.02. The second kappa shape index (κ2) is 15.2. The molecule has 0 radical (unpaired) electrons. The van der Waals surface area contributed by atoms with E-state index in [1.54, 1.807) is 12.5 Å². The van der Waals surface area contributed by atoms with Crippen LogP contribution in [-0.2, 0) is 5.41 Å². The molecule has 0 saturated carbocycles. The Morgan fingerprint density at radius 1 is 0.557 bits per heavy atom. The van der Waals surface area contributed by atoms with Gasteiger partial charge in [0.1, 0.15) is 23.6 Å². The highest BCUT2D eigenvalue weighted by molar-refractivity contribution is 6.09. The third kappa shape index (κ3) is 7.06. The van der Waals surface area contributed by atoms with E-state index < -0.39 is 6.85 Å². The van der Waals surface area contributed by atoms with Crippen molar-refractivity contribution >= 4 is 21.8 Å². The highest BCUT2D eigenvalue weighted by atomic mass is 16.5. The van der Waals surface area contributed by atoms with Crippen LogP contribution in [0.5, 0.6) is 11.5 Å². The summed E-state index contributed by atoms with van der Waals surface area (Å²) in [7, 11) is 0. The molecule has 0 N–H and O–H groups in total. The molecule has 10 rings (SSSR count). The molecule has 10 aromatic rings. The molecule has 0 aliphatic heterocycles. The molecule has 3 heterocycles. The highest BCUT2D eigenvalue weighted by Gasteiger charge is 2.20. The van der Waals surface area contributed by atoms with Crippen molar-refractivity contribution in [3.8, 4) is 67.8 Å². The Hall–Kier alpha value is -7.57. The minimum absolute atomic E-state index is 0.209. The van der Waals surface area contributed by atoms with Crippen LogP contribution < -0.4 is 4.74 Å². The standard InChI is InChI=1S/C55H45N5O/c1-36-30-42(55(3,4)5)31-37(2)52(36)40-28-29-56-51(33-40)60-49-25-13-12-22-47(49)48-27-26-44(34-50(48)60)61-43-21-14-20-41(32-43)54-57-35-59(58-54)53-45(38-16-8-6-9-17-38)23-15-24-46(53)39-18-10-7-11-19-39/h6-35H,1-5H3/i1D3. The molecule has 0 unspecified atom stereocenters. The Bertz CT molecular complexity index is 3290. The van der Waals surface area contributed by atoms with Crippen LogP contribution in [0.2, 0.25) is 0 Å². The van der Waals surface area contributed by atoms with E-state index in [-0.39, 0.29) is 5.41 Å². The van der Waals surface area contributed by atoms with Gasteiger partial charge in [0.2, 0.25) is 0 Å². The van der Waals surface area contributed by atoms with Gasteiger partial charge in [0.25, 0.3) is 0 Å². The maximum atomic E-state index is 8.55.